The molecule has 0 saturated carbocycles. The van der Waals surface area contributed by atoms with Gasteiger partial charge in [-0.25, -0.2) is 4.98 Å². The van der Waals surface area contributed by atoms with Gasteiger partial charge in [0.2, 0.25) is 5.13 Å². The van der Waals surface area contributed by atoms with Gasteiger partial charge in [-0.1, -0.05) is 50.2 Å². The molecule has 0 spiro atoms. The minimum absolute atomic E-state index is 0.545. The van der Waals surface area contributed by atoms with E-state index in [1.165, 1.54) is 16.7 Å². The van der Waals surface area contributed by atoms with E-state index in [-0.39, 0.29) is 0 Å². The van der Waals surface area contributed by atoms with Crippen LogP contribution in [-0.4, -0.2) is 11.2 Å². The summed E-state index contributed by atoms with van der Waals surface area (Å²) in [5.41, 5.74) is 10.1. The summed E-state index contributed by atoms with van der Waals surface area (Å²) in [6.07, 6.45) is 1.82. The Kier molecular flexibility index (Phi) is 5.29. The predicted molar refractivity (Wildman–Crippen MR) is 109 cm³/mol. The molecular formula is C21H23N3S. The molecular weight excluding hydrogens is 326 g/mol. The molecule has 25 heavy (non-hydrogen) atoms. The maximum Gasteiger partial charge on any atom is 0.203 e. The third-order valence-corrected chi connectivity index (χ3v) is 5.03. The zero-order chi connectivity index (χ0) is 17.8. The van der Waals surface area contributed by atoms with Gasteiger partial charge < -0.3 is 0 Å². The Morgan fingerprint density at radius 2 is 1.80 bits per heavy atom. The normalized spacial score (nSPS) is 11.4. The third kappa shape index (κ3) is 4.34. The highest BCUT2D eigenvalue weighted by molar-refractivity contribution is 7.14. The number of thiazole rings is 1. The molecule has 0 aliphatic carbocycles. The van der Waals surface area contributed by atoms with Crippen LogP contribution in [0.3, 0.4) is 0 Å². The number of aromatic nitrogens is 1. The molecule has 4 heteroatoms. The van der Waals surface area contributed by atoms with Crippen LogP contribution in [-0.2, 0) is 0 Å². The summed E-state index contributed by atoms with van der Waals surface area (Å²) in [5.74, 6) is 0.545. The lowest BCUT2D eigenvalue weighted by Gasteiger charge is -2.04. The van der Waals surface area contributed by atoms with Crippen molar-refractivity contribution in [3.63, 3.8) is 0 Å². The molecule has 0 radical (unpaired) electrons. The lowest BCUT2D eigenvalue weighted by atomic mass is 10.0. The van der Waals surface area contributed by atoms with Crippen LogP contribution in [0.5, 0.6) is 0 Å². The minimum Gasteiger partial charge on any atom is -0.253 e. The van der Waals surface area contributed by atoms with Crippen LogP contribution in [0.2, 0.25) is 0 Å². The van der Waals surface area contributed by atoms with Crippen molar-refractivity contribution in [3.05, 3.63) is 70.1 Å². The number of hydrogen-bond donors (Lipinski definition) is 1. The van der Waals surface area contributed by atoms with Crippen molar-refractivity contribution in [1.82, 2.24) is 4.98 Å². The summed E-state index contributed by atoms with van der Waals surface area (Å²) in [4.78, 5) is 4.61. The second kappa shape index (κ2) is 7.62. The summed E-state index contributed by atoms with van der Waals surface area (Å²) >= 11 is 1.56. The fourth-order valence-corrected chi connectivity index (χ4v) is 3.16. The van der Waals surface area contributed by atoms with E-state index in [4.69, 9.17) is 0 Å². The first-order valence-electron chi connectivity index (χ1n) is 8.45. The highest BCUT2D eigenvalue weighted by Gasteiger charge is 2.05. The number of hydrogen-bond acceptors (Lipinski definition) is 4. The second-order valence-corrected chi connectivity index (χ2v) is 7.39. The standard InChI is InChI=1S/C21H23N3S/c1-14(2)18-9-6-17(7-10-18)12-22-24-21-23-20(13-25-21)19-8-5-15(3)16(4)11-19/h5-14H,1-4H3,(H,23,24)/b22-12-. The molecule has 3 nitrogen and oxygen atoms in total. The lowest BCUT2D eigenvalue weighted by molar-refractivity contribution is 0.866. The molecule has 0 atom stereocenters. The number of hydrazone groups is 1. The zero-order valence-corrected chi connectivity index (χ0v) is 15.9. The Morgan fingerprint density at radius 3 is 2.48 bits per heavy atom. The Morgan fingerprint density at radius 1 is 1.04 bits per heavy atom. The molecule has 128 valence electrons. The van der Waals surface area contributed by atoms with E-state index in [1.807, 2.05) is 6.21 Å². The highest BCUT2D eigenvalue weighted by atomic mass is 32.1. The fraction of sp³-hybridized carbons (Fsp3) is 0.238. The van der Waals surface area contributed by atoms with Gasteiger partial charge in [0.05, 0.1) is 11.9 Å². The van der Waals surface area contributed by atoms with E-state index in [0.717, 1.165) is 22.0 Å². The zero-order valence-electron chi connectivity index (χ0n) is 15.1. The molecule has 0 unspecified atom stereocenters. The van der Waals surface area contributed by atoms with Crippen LogP contribution in [0.4, 0.5) is 5.13 Å². The van der Waals surface area contributed by atoms with Gasteiger partial charge in [0.15, 0.2) is 0 Å². The van der Waals surface area contributed by atoms with E-state index in [1.54, 1.807) is 11.3 Å². The largest absolute Gasteiger partial charge is 0.253 e. The molecule has 0 fully saturated rings. The number of nitrogens with one attached hydrogen (secondary N) is 1. The Balaban J connectivity index is 1.66. The van der Waals surface area contributed by atoms with E-state index in [0.29, 0.717) is 5.92 Å². The van der Waals surface area contributed by atoms with Crippen LogP contribution >= 0.6 is 11.3 Å². The van der Waals surface area contributed by atoms with Crippen molar-refractivity contribution in [2.45, 2.75) is 33.6 Å². The van der Waals surface area contributed by atoms with Crippen molar-refractivity contribution in [2.24, 2.45) is 5.10 Å². The highest BCUT2D eigenvalue weighted by Crippen LogP contribution is 2.26. The SMILES string of the molecule is Cc1ccc(-c2csc(N/N=C\c3ccc(C(C)C)cc3)n2)cc1C. The monoisotopic (exact) mass is 349 g/mol. The first-order valence-corrected chi connectivity index (χ1v) is 9.33. The van der Waals surface area contributed by atoms with Gasteiger partial charge >= 0.3 is 0 Å². The molecule has 1 aromatic heterocycles. The maximum atomic E-state index is 4.61. The summed E-state index contributed by atoms with van der Waals surface area (Å²) < 4.78 is 0. The summed E-state index contributed by atoms with van der Waals surface area (Å²) in [6, 6.07) is 14.9. The number of aryl methyl sites for hydroxylation is 2. The lowest BCUT2D eigenvalue weighted by Crippen LogP contribution is -1.92. The molecule has 3 aromatic rings. The maximum absolute atomic E-state index is 4.61. The molecule has 0 amide bonds. The topological polar surface area (TPSA) is 37.3 Å². The molecule has 0 saturated heterocycles. The van der Waals surface area contributed by atoms with Crippen LogP contribution in [0.15, 0.2) is 52.9 Å². The first-order chi connectivity index (χ1) is 12.0. The summed E-state index contributed by atoms with van der Waals surface area (Å²) in [7, 11) is 0. The van der Waals surface area contributed by atoms with Crippen molar-refractivity contribution in [2.75, 3.05) is 5.43 Å². The van der Waals surface area contributed by atoms with E-state index >= 15 is 0 Å². The van der Waals surface area contributed by atoms with Gasteiger partial charge in [0.25, 0.3) is 0 Å². The fourth-order valence-electron chi connectivity index (χ4n) is 2.49. The van der Waals surface area contributed by atoms with Gasteiger partial charge in [-0.2, -0.15) is 5.10 Å². The average molecular weight is 350 g/mol. The summed E-state index contributed by atoms with van der Waals surface area (Å²) in [5, 5.41) is 7.15. The number of anilines is 1. The van der Waals surface area contributed by atoms with E-state index in [2.05, 4.69) is 91.1 Å². The Hall–Kier alpha value is -2.46. The van der Waals surface area contributed by atoms with Gasteiger partial charge in [0, 0.05) is 10.9 Å². The van der Waals surface area contributed by atoms with Gasteiger partial charge in [-0.05, 0) is 48.1 Å². The quantitative estimate of drug-likeness (QED) is 0.453. The van der Waals surface area contributed by atoms with Crippen LogP contribution in [0.25, 0.3) is 11.3 Å². The van der Waals surface area contributed by atoms with Crippen molar-refractivity contribution in [1.29, 1.82) is 0 Å². The van der Waals surface area contributed by atoms with Gasteiger partial charge in [0.1, 0.15) is 0 Å². The Bertz CT molecular complexity index is 876. The van der Waals surface area contributed by atoms with Gasteiger partial charge in [-0.3, -0.25) is 5.43 Å². The number of benzene rings is 2. The second-order valence-electron chi connectivity index (χ2n) is 6.53. The number of rotatable bonds is 5. The predicted octanol–water partition coefficient (Wildman–Crippen LogP) is 6.00. The van der Waals surface area contributed by atoms with E-state index < -0.39 is 0 Å². The average Bonchev–Trinajstić information content (AvgIpc) is 3.07. The van der Waals surface area contributed by atoms with Crippen LogP contribution in [0, 0.1) is 13.8 Å². The first kappa shape index (κ1) is 17.4. The molecule has 0 aliphatic heterocycles. The smallest absolute Gasteiger partial charge is 0.203 e. The van der Waals surface area contributed by atoms with Crippen molar-refractivity contribution in [3.8, 4) is 11.3 Å². The number of nitrogens with zero attached hydrogens (tertiary/aromatic N) is 2. The minimum atomic E-state index is 0.545. The van der Waals surface area contributed by atoms with Gasteiger partial charge in [-0.15, -0.1) is 11.3 Å². The van der Waals surface area contributed by atoms with Crippen molar-refractivity contribution < 1.29 is 0 Å². The van der Waals surface area contributed by atoms with E-state index in [9.17, 15) is 0 Å². The Labute approximate surface area is 153 Å². The molecule has 0 aliphatic rings. The summed E-state index contributed by atoms with van der Waals surface area (Å²) in [6.45, 7) is 8.63. The molecule has 0 bridgehead atoms. The third-order valence-electron chi connectivity index (χ3n) is 4.28. The van der Waals surface area contributed by atoms with Crippen LogP contribution < -0.4 is 5.43 Å². The molecule has 1 N–H and O–H groups in total. The molecule has 2 aromatic carbocycles. The molecule has 1 heterocycles. The molecule has 3 rings (SSSR count). The van der Waals surface area contributed by atoms with Crippen LogP contribution in [0.1, 0.15) is 42.0 Å². The van der Waals surface area contributed by atoms with Crippen molar-refractivity contribution >= 4 is 22.7 Å².